The molecule has 1 atom stereocenters. The largest absolute Gasteiger partial charge is 0.481 e. The van der Waals surface area contributed by atoms with Gasteiger partial charge in [-0.3, -0.25) is 24.0 Å². The van der Waals surface area contributed by atoms with Crippen molar-refractivity contribution in [3.63, 3.8) is 0 Å². The van der Waals surface area contributed by atoms with Crippen LogP contribution in [0.1, 0.15) is 46.5 Å². The van der Waals surface area contributed by atoms with Crippen molar-refractivity contribution in [3.8, 4) is 0 Å². The number of ether oxygens (including phenoxy) is 1. The van der Waals surface area contributed by atoms with Crippen molar-refractivity contribution >= 4 is 29.7 Å². The SMILES string of the molecule is CCC(C)(C)C(=O)NC(CC(=O)NCCOCCC(=O)O)C(=O)NCC[N+](C)(C)CCC(=O)O. The number of aliphatic carboxylic acids is 2. The molecule has 0 aromatic carbocycles. The predicted molar refractivity (Wildman–Crippen MR) is 124 cm³/mol. The zero-order valence-corrected chi connectivity index (χ0v) is 20.9. The van der Waals surface area contributed by atoms with Gasteiger partial charge >= 0.3 is 11.9 Å². The van der Waals surface area contributed by atoms with Gasteiger partial charge in [-0.15, -0.1) is 0 Å². The topological polar surface area (TPSA) is 171 Å². The molecule has 196 valence electrons. The van der Waals surface area contributed by atoms with E-state index in [9.17, 15) is 24.0 Å². The number of amides is 3. The van der Waals surface area contributed by atoms with Crippen LogP contribution in [0.25, 0.3) is 0 Å². The Morgan fingerprint density at radius 2 is 1.53 bits per heavy atom. The minimum atomic E-state index is -1.08. The molecule has 12 nitrogen and oxygen atoms in total. The van der Waals surface area contributed by atoms with Crippen LogP contribution in [0.5, 0.6) is 0 Å². The number of rotatable bonds is 18. The Labute approximate surface area is 201 Å². The average Bonchev–Trinajstić information content (AvgIpc) is 2.73. The Hall–Kier alpha value is -2.73. The Bertz CT molecular complexity index is 709. The van der Waals surface area contributed by atoms with Crippen molar-refractivity contribution in [1.82, 2.24) is 16.0 Å². The lowest BCUT2D eigenvalue weighted by Gasteiger charge is -2.30. The van der Waals surface area contributed by atoms with E-state index in [0.29, 0.717) is 24.0 Å². The molecule has 0 aromatic rings. The molecule has 34 heavy (non-hydrogen) atoms. The number of likely N-dealkylation sites (N-methyl/N-ethyl adjacent to an activating group) is 1. The molecule has 12 heteroatoms. The highest BCUT2D eigenvalue weighted by Crippen LogP contribution is 2.20. The lowest BCUT2D eigenvalue weighted by molar-refractivity contribution is -0.888. The summed E-state index contributed by atoms with van der Waals surface area (Å²) >= 11 is 0. The van der Waals surface area contributed by atoms with Gasteiger partial charge in [0, 0.05) is 12.0 Å². The van der Waals surface area contributed by atoms with Gasteiger partial charge in [-0.1, -0.05) is 20.8 Å². The third-order valence-corrected chi connectivity index (χ3v) is 5.49. The third kappa shape index (κ3) is 14.4. The zero-order valence-electron chi connectivity index (χ0n) is 20.9. The molecule has 0 fully saturated rings. The first kappa shape index (κ1) is 31.3. The van der Waals surface area contributed by atoms with E-state index in [1.165, 1.54) is 0 Å². The number of nitrogens with zero attached hydrogens (tertiary/aromatic N) is 1. The average molecular weight is 490 g/mol. The van der Waals surface area contributed by atoms with Crippen LogP contribution in [0, 0.1) is 5.41 Å². The fourth-order valence-corrected chi connectivity index (χ4v) is 2.62. The fourth-order valence-electron chi connectivity index (χ4n) is 2.62. The molecule has 0 radical (unpaired) electrons. The maximum Gasteiger partial charge on any atom is 0.309 e. The van der Waals surface area contributed by atoms with Crippen LogP contribution in [0.4, 0.5) is 0 Å². The maximum absolute atomic E-state index is 12.8. The molecule has 0 bridgehead atoms. The van der Waals surface area contributed by atoms with Gasteiger partial charge in [0.25, 0.3) is 0 Å². The van der Waals surface area contributed by atoms with Gasteiger partial charge in [0.15, 0.2) is 0 Å². The summed E-state index contributed by atoms with van der Waals surface area (Å²) in [5, 5.41) is 25.4. The molecule has 0 saturated heterocycles. The molecule has 3 amide bonds. The molecule has 0 aliphatic rings. The molecule has 5 N–H and O–H groups in total. The van der Waals surface area contributed by atoms with Crippen LogP contribution in [0.2, 0.25) is 0 Å². The van der Waals surface area contributed by atoms with Gasteiger partial charge in [0.2, 0.25) is 17.7 Å². The fraction of sp³-hybridized carbons (Fsp3) is 0.773. The second-order valence-corrected chi connectivity index (χ2v) is 9.39. The molecular formula is C22H41N4O8+. The van der Waals surface area contributed by atoms with E-state index < -0.39 is 35.2 Å². The highest BCUT2D eigenvalue weighted by molar-refractivity contribution is 5.93. The van der Waals surface area contributed by atoms with E-state index in [1.54, 1.807) is 13.8 Å². The summed E-state index contributed by atoms with van der Waals surface area (Å²) in [4.78, 5) is 59.0. The number of carboxylic acid groups (broad SMARTS) is 2. The molecular weight excluding hydrogens is 448 g/mol. The first-order valence-corrected chi connectivity index (χ1v) is 11.4. The van der Waals surface area contributed by atoms with Crippen LogP contribution >= 0.6 is 0 Å². The number of carbonyl (C=O) groups excluding carboxylic acids is 3. The van der Waals surface area contributed by atoms with Gasteiger partial charge in [-0.05, 0) is 6.42 Å². The van der Waals surface area contributed by atoms with Crippen molar-refractivity contribution in [3.05, 3.63) is 0 Å². The molecule has 0 spiro atoms. The Balaban J connectivity index is 4.87. The summed E-state index contributed by atoms with van der Waals surface area (Å²) < 4.78 is 5.49. The van der Waals surface area contributed by atoms with E-state index in [4.69, 9.17) is 14.9 Å². The summed E-state index contributed by atoms with van der Waals surface area (Å²) in [5.74, 6) is -3.19. The third-order valence-electron chi connectivity index (χ3n) is 5.49. The molecule has 0 aromatic heterocycles. The van der Waals surface area contributed by atoms with E-state index in [0.717, 1.165) is 0 Å². The molecule has 0 rings (SSSR count). The van der Waals surface area contributed by atoms with Crippen LogP contribution in [0.15, 0.2) is 0 Å². The zero-order chi connectivity index (χ0) is 26.4. The minimum Gasteiger partial charge on any atom is -0.481 e. The van der Waals surface area contributed by atoms with Gasteiger partial charge in [-0.2, -0.15) is 0 Å². The van der Waals surface area contributed by atoms with Crippen molar-refractivity contribution in [2.24, 2.45) is 5.41 Å². The highest BCUT2D eigenvalue weighted by atomic mass is 16.5. The highest BCUT2D eigenvalue weighted by Gasteiger charge is 2.31. The van der Waals surface area contributed by atoms with E-state index in [1.807, 2.05) is 21.0 Å². The van der Waals surface area contributed by atoms with Gasteiger partial charge in [-0.25, -0.2) is 0 Å². The van der Waals surface area contributed by atoms with Crippen molar-refractivity contribution in [1.29, 1.82) is 0 Å². The maximum atomic E-state index is 12.8. The summed E-state index contributed by atoms with van der Waals surface area (Å²) in [7, 11) is 3.70. The van der Waals surface area contributed by atoms with Gasteiger partial charge in [0.1, 0.15) is 6.04 Å². The molecule has 0 heterocycles. The number of carbonyl (C=O) groups is 5. The monoisotopic (exact) mass is 489 g/mol. The number of quaternary nitrogens is 1. The van der Waals surface area contributed by atoms with Crippen LogP contribution in [-0.2, 0) is 28.7 Å². The van der Waals surface area contributed by atoms with Crippen LogP contribution in [-0.4, -0.2) is 104 Å². The minimum absolute atomic E-state index is 0.00588. The Morgan fingerprint density at radius 3 is 2.09 bits per heavy atom. The number of hydrogen-bond donors (Lipinski definition) is 5. The lowest BCUT2D eigenvalue weighted by Crippen LogP contribution is -2.54. The van der Waals surface area contributed by atoms with Gasteiger partial charge < -0.3 is 35.4 Å². The Kier molecular flexibility index (Phi) is 14.0. The number of nitrogens with one attached hydrogen (secondary N) is 3. The quantitative estimate of drug-likeness (QED) is 0.127. The van der Waals surface area contributed by atoms with E-state index in [2.05, 4.69) is 16.0 Å². The van der Waals surface area contributed by atoms with Crippen molar-refractivity contribution in [2.45, 2.75) is 52.5 Å². The second-order valence-electron chi connectivity index (χ2n) is 9.39. The number of hydrogen-bond acceptors (Lipinski definition) is 6. The van der Waals surface area contributed by atoms with Crippen molar-refractivity contribution in [2.75, 3.05) is 53.5 Å². The summed E-state index contributed by atoms with van der Waals surface area (Å²) in [6.07, 6.45) is 0.138. The summed E-state index contributed by atoms with van der Waals surface area (Å²) in [6, 6.07) is -1.08. The first-order valence-electron chi connectivity index (χ1n) is 11.4. The molecule has 0 aliphatic carbocycles. The normalized spacial score (nSPS) is 12.5. The van der Waals surface area contributed by atoms with Crippen molar-refractivity contribution < 1.29 is 43.4 Å². The van der Waals surface area contributed by atoms with Gasteiger partial charge in [0.05, 0.1) is 66.2 Å². The van der Waals surface area contributed by atoms with Crippen LogP contribution in [0.3, 0.4) is 0 Å². The van der Waals surface area contributed by atoms with Crippen LogP contribution < -0.4 is 16.0 Å². The van der Waals surface area contributed by atoms with E-state index >= 15 is 0 Å². The van der Waals surface area contributed by atoms with E-state index in [-0.39, 0.29) is 51.5 Å². The molecule has 0 saturated carbocycles. The summed E-state index contributed by atoms with van der Waals surface area (Å²) in [6.45, 7) is 6.73. The summed E-state index contributed by atoms with van der Waals surface area (Å²) in [5.41, 5.74) is -0.720. The number of carboxylic acids is 2. The smallest absolute Gasteiger partial charge is 0.309 e. The second kappa shape index (κ2) is 15.2. The lowest BCUT2D eigenvalue weighted by atomic mass is 9.89. The standard InChI is InChI=1S/C22H40N4O8/c1-6-22(2,3)21(33)25-16(15-17(27)23-10-14-34-13-8-19(30)31)20(32)24-9-12-26(4,5)11-7-18(28)29/h16H,6-15H2,1-5H3,(H4-,23,24,25,27,28,29,30,31,32,33)/p+1. The Morgan fingerprint density at radius 1 is 0.912 bits per heavy atom. The molecule has 1 unspecified atom stereocenters. The molecule has 0 aliphatic heterocycles. The first-order chi connectivity index (χ1) is 15.7. The predicted octanol–water partition coefficient (Wildman–Crippen LogP) is -0.428.